The van der Waals surface area contributed by atoms with Crippen LogP contribution >= 0.6 is 23.2 Å². The number of nitrogens with zero attached hydrogens (tertiary/aromatic N) is 1. The van der Waals surface area contributed by atoms with Gasteiger partial charge >= 0.3 is 5.97 Å². The highest BCUT2D eigenvalue weighted by Gasteiger charge is 2.39. The number of aliphatic hydroxyl groups excluding tert-OH is 1. The maximum absolute atomic E-state index is 12.5. The highest BCUT2D eigenvalue weighted by molar-refractivity contribution is 6.42. The Labute approximate surface area is 172 Å². The maximum atomic E-state index is 12.5. The van der Waals surface area contributed by atoms with Crippen LogP contribution in [-0.4, -0.2) is 51.5 Å². The number of hydrogen-bond acceptors (Lipinski definition) is 4. The van der Waals surface area contributed by atoms with Gasteiger partial charge in [0.2, 0.25) is 0 Å². The van der Waals surface area contributed by atoms with Gasteiger partial charge in [0, 0.05) is 6.04 Å². The normalized spacial score (nSPS) is 16.3. The molecule has 0 saturated heterocycles. The van der Waals surface area contributed by atoms with Crippen LogP contribution in [0.3, 0.4) is 0 Å². The van der Waals surface area contributed by atoms with Crippen molar-refractivity contribution < 1.29 is 24.6 Å². The van der Waals surface area contributed by atoms with Gasteiger partial charge in [0.15, 0.2) is 5.76 Å². The number of aryl methyl sites for hydroxylation is 1. The van der Waals surface area contributed by atoms with Gasteiger partial charge in [-0.3, -0.25) is 9.59 Å². The second-order valence-electron chi connectivity index (χ2n) is 6.68. The van der Waals surface area contributed by atoms with E-state index < -0.39 is 29.6 Å². The number of carbonyl (C=O) groups excluding carboxylic acids is 2. The van der Waals surface area contributed by atoms with Crippen molar-refractivity contribution in [3.8, 4) is 0 Å². The Balaban J connectivity index is 1.96. The van der Waals surface area contributed by atoms with Crippen LogP contribution in [0.25, 0.3) is 0 Å². The number of amides is 2. The Hall–Kier alpha value is -2.25. The lowest BCUT2D eigenvalue weighted by molar-refractivity contribution is -0.148. The van der Waals surface area contributed by atoms with Crippen LogP contribution in [0.15, 0.2) is 29.5 Å². The number of rotatable bonds is 8. The molecule has 2 atom stereocenters. The minimum atomic E-state index is -1.18. The molecule has 1 heterocycles. The molecule has 1 aromatic rings. The molecule has 0 bridgehead atoms. The molecule has 0 spiro atoms. The summed E-state index contributed by atoms with van der Waals surface area (Å²) in [4.78, 5) is 36.9. The zero-order chi connectivity index (χ0) is 21.0. The van der Waals surface area contributed by atoms with Crippen molar-refractivity contribution in [3.63, 3.8) is 0 Å². The third-order valence-corrected chi connectivity index (χ3v) is 5.37. The molecular weight excluding hydrogens is 407 g/mol. The van der Waals surface area contributed by atoms with Gasteiger partial charge in [-0.05, 0) is 43.9 Å². The zero-order valence-electron chi connectivity index (χ0n) is 15.5. The fraction of sp³-hybridized carbons (Fsp3) is 0.421. The Morgan fingerprint density at radius 3 is 2.54 bits per heavy atom. The van der Waals surface area contributed by atoms with Crippen LogP contribution in [-0.2, 0) is 20.8 Å². The number of aliphatic hydroxyl groups is 1. The third-order valence-electron chi connectivity index (χ3n) is 4.63. The topological polar surface area (TPSA) is 107 Å². The number of carboxylic acid groups (broad SMARTS) is 1. The first kappa shape index (κ1) is 22.0. The maximum Gasteiger partial charge on any atom is 0.326 e. The summed E-state index contributed by atoms with van der Waals surface area (Å²) in [5, 5.41) is 22.9. The second-order valence-corrected chi connectivity index (χ2v) is 7.50. The van der Waals surface area contributed by atoms with Crippen LogP contribution in [0.5, 0.6) is 0 Å². The predicted molar refractivity (Wildman–Crippen MR) is 105 cm³/mol. The third kappa shape index (κ3) is 4.97. The average molecular weight is 429 g/mol. The lowest BCUT2D eigenvalue weighted by atomic mass is 10.1. The largest absolute Gasteiger partial charge is 0.503 e. The molecule has 1 aliphatic rings. The van der Waals surface area contributed by atoms with Gasteiger partial charge in [-0.2, -0.15) is 0 Å². The quantitative estimate of drug-likeness (QED) is 0.589. The second kappa shape index (κ2) is 9.30. The minimum absolute atomic E-state index is 0.119. The Morgan fingerprint density at radius 1 is 1.29 bits per heavy atom. The van der Waals surface area contributed by atoms with E-state index in [1.165, 1.54) is 0 Å². The molecule has 1 aliphatic heterocycles. The van der Waals surface area contributed by atoms with Gasteiger partial charge in [0.25, 0.3) is 11.8 Å². The first-order chi connectivity index (χ1) is 13.1. The summed E-state index contributed by atoms with van der Waals surface area (Å²) in [5.74, 6) is -3.31. The first-order valence-electron chi connectivity index (χ1n) is 8.86. The van der Waals surface area contributed by atoms with Crippen molar-refractivity contribution >= 4 is 41.0 Å². The van der Waals surface area contributed by atoms with E-state index in [0.717, 1.165) is 10.5 Å². The van der Waals surface area contributed by atoms with E-state index in [2.05, 4.69) is 5.32 Å². The van der Waals surface area contributed by atoms with Crippen LogP contribution in [0, 0.1) is 0 Å². The lowest BCUT2D eigenvalue weighted by Gasteiger charge is -2.23. The van der Waals surface area contributed by atoms with Crippen molar-refractivity contribution in [2.45, 2.75) is 45.2 Å². The summed E-state index contributed by atoms with van der Waals surface area (Å²) < 4.78 is 0. The van der Waals surface area contributed by atoms with E-state index in [1.54, 1.807) is 26.0 Å². The van der Waals surface area contributed by atoms with Crippen molar-refractivity contribution in [3.05, 3.63) is 45.1 Å². The number of carbonyl (C=O) groups is 3. The summed E-state index contributed by atoms with van der Waals surface area (Å²) >= 11 is 11.9. The number of benzene rings is 1. The summed E-state index contributed by atoms with van der Waals surface area (Å²) in [6.07, 6.45) is 1.41. The fourth-order valence-electron chi connectivity index (χ4n) is 3.00. The van der Waals surface area contributed by atoms with Gasteiger partial charge < -0.3 is 20.4 Å². The van der Waals surface area contributed by atoms with Crippen molar-refractivity contribution in [2.75, 3.05) is 6.54 Å². The molecule has 0 aromatic heterocycles. The minimum Gasteiger partial charge on any atom is -0.503 e. The monoisotopic (exact) mass is 428 g/mol. The summed E-state index contributed by atoms with van der Waals surface area (Å²) in [6.45, 7) is 3.18. The molecule has 2 rings (SSSR count). The predicted octanol–water partition coefficient (Wildman–Crippen LogP) is 2.95. The molecule has 1 aromatic carbocycles. The van der Waals surface area contributed by atoms with E-state index in [9.17, 15) is 24.6 Å². The van der Waals surface area contributed by atoms with Crippen LogP contribution < -0.4 is 5.32 Å². The molecule has 28 heavy (non-hydrogen) atoms. The van der Waals surface area contributed by atoms with Gasteiger partial charge in [-0.1, -0.05) is 36.2 Å². The molecule has 3 N–H and O–H groups in total. The van der Waals surface area contributed by atoms with Gasteiger partial charge in [-0.15, -0.1) is 0 Å². The SMILES string of the molecule is CC[C@@H](C(=O)O)N1CC(C(=O)NC(C)CCc2ccc(Cl)c(Cl)c2)=C(O)C1=O. The summed E-state index contributed by atoms with van der Waals surface area (Å²) in [7, 11) is 0. The Kier molecular flexibility index (Phi) is 7.32. The molecule has 1 unspecified atom stereocenters. The van der Waals surface area contributed by atoms with Crippen molar-refractivity contribution in [1.82, 2.24) is 10.2 Å². The lowest BCUT2D eigenvalue weighted by Crippen LogP contribution is -2.43. The van der Waals surface area contributed by atoms with E-state index in [0.29, 0.717) is 22.9 Å². The Bertz CT molecular complexity index is 825. The number of carboxylic acids is 1. The van der Waals surface area contributed by atoms with Gasteiger partial charge in [0.1, 0.15) is 6.04 Å². The van der Waals surface area contributed by atoms with Crippen molar-refractivity contribution in [2.24, 2.45) is 0 Å². The highest BCUT2D eigenvalue weighted by atomic mass is 35.5. The number of aliphatic carboxylic acids is 1. The zero-order valence-corrected chi connectivity index (χ0v) is 17.0. The summed E-state index contributed by atoms with van der Waals surface area (Å²) in [5.41, 5.74) is 0.845. The average Bonchev–Trinajstić information content (AvgIpc) is 2.92. The molecule has 2 amide bonds. The number of hydrogen-bond donors (Lipinski definition) is 3. The summed E-state index contributed by atoms with van der Waals surface area (Å²) in [6, 6.07) is 3.98. The van der Waals surface area contributed by atoms with E-state index >= 15 is 0 Å². The molecular formula is C19H22Cl2N2O5. The number of nitrogens with one attached hydrogen (secondary N) is 1. The smallest absolute Gasteiger partial charge is 0.326 e. The Morgan fingerprint density at radius 2 is 1.96 bits per heavy atom. The fourth-order valence-corrected chi connectivity index (χ4v) is 3.32. The molecule has 7 nitrogen and oxygen atoms in total. The highest BCUT2D eigenvalue weighted by Crippen LogP contribution is 2.24. The van der Waals surface area contributed by atoms with Crippen LogP contribution in [0.1, 0.15) is 32.3 Å². The first-order valence-corrected chi connectivity index (χ1v) is 9.61. The molecule has 0 aliphatic carbocycles. The van der Waals surface area contributed by atoms with Gasteiger partial charge in [0.05, 0.1) is 22.2 Å². The molecule has 9 heteroatoms. The number of halogens is 2. The molecule has 0 fully saturated rings. The van der Waals surface area contributed by atoms with Crippen LogP contribution in [0.4, 0.5) is 0 Å². The van der Waals surface area contributed by atoms with E-state index in [4.69, 9.17) is 23.2 Å². The van der Waals surface area contributed by atoms with Crippen molar-refractivity contribution in [1.29, 1.82) is 0 Å². The van der Waals surface area contributed by atoms with E-state index in [-0.39, 0.29) is 24.6 Å². The molecule has 0 radical (unpaired) electrons. The van der Waals surface area contributed by atoms with E-state index in [1.807, 2.05) is 6.07 Å². The molecule has 152 valence electrons. The van der Waals surface area contributed by atoms with Crippen LogP contribution in [0.2, 0.25) is 10.0 Å². The van der Waals surface area contributed by atoms with Gasteiger partial charge in [-0.25, -0.2) is 4.79 Å². The standard InChI is InChI=1S/C19H22Cl2N2O5/c1-3-15(19(27)28)23-9-12(16(24)18(23)26)17(25)22-10(2)4-5-11-6-7-13(20)14(21)8-11/h6-8,10,15,24H,3-5,9H2,1-2H3,(H,22,25)(H,27,28)/t10?,15-/m0/s1. The molecule has 0 saturated carbocycles.